The summed E-state index contributed by atoms with van der Waals surface area (Å²) in [6.45, 7) is 5.21. The highest BCUT2D eigenvalue weighted by molar-refractivity contribution is 7.98. The number of thioether (sulfide) groups is 1. The van der Waals surface area contributed by atoms with E-state index < -0.39 is 30.4 Å². The second-order valence-electron chi connectivity index (χ2n) is 9.10. The Bertz CT molecular complexity index is 1410. The molecular formula is C26H27N3O7S2. The van der Waals surface area contributed by atoms with Gasteiger partial charge in [0.2, 0.25) is 5.91 Å². The number of esters is 1. The van der Waals surface area contributed by atoms with E-state index in [0.29, 0.717) is 11.3 Å². The molecule has 2 aliphatic rings. The zero-order valence-corrected chi connectivity index (χ0v) is 22.8. The van der Waals surface area contributed by atoms with Gasteiger partial charge in [0.1, 0.15) is 27.6 Å². The van der Waals surface area contributed by atoms with Crippen LogP contribution in [0.15, 0.2) is 53.6 Å². The molecule has 0 spiro atoms. The van der Waals surface area contributed by atoms with Crippen molar-refractivity contribution in [1.82, 2.24) is 14.3 Å². The number of hydrogen-bond acceptors (Lipinski definition) is 10. The standard InChI is InChI=1S/C26H27N3O7S2/c1-5-17(36-26(33)34-15-9-7-6-8-10-15)35-25(32)21-18(13(2)20-19(14(3)30)23(31)29(20)21)16-11-28-12-27-22(37-4)24(28)38-16/h6-14,17,19-20,30H,5H2,1-4H3/t13-,14+,17?,19+,20+/m0/s1. The molecule has 3 aromatic rings. The highest BCUT2D eigenvalue weighted by atomic mass is 32.2. The molecule has 0 aliphatic carbocycles. The predicted molar refractivity (Wildman–Crippen MR) is 140 cm³/mol. The Balaban J connectivity index is 1.44. The van der Waals surface area contributed by atoms with E-state index in [1.54, 1.807) is 50.5 Å². The fourth-order valence-electron chi connectivity index (χ4n) is 5.01. The predicted octanol–water partition coefficient (Wildman–Crippen LogP) is 4.18. The van der Waals surface area contributed by atoms with Crippen molar-refractivity contribution < 1.29 is 33.7 Å². The molecule has 4 heterocycles. The van der Waals surface area contributed by atoms with Gasteiger partial charge in [-0.3, -0.25) is 9.20 Å². The maximum absolute atomic E-state index is 13.6. The number of rotatable bonds is 8. The first-order valence-electron chi connectivity index (χ1n) is 12.2. The smallest absolute Gasteiger partial charge is 0.420 e. The van der Waals surface area contributed by atoms with E-state index in [9.17, 15) is 19.5 Å². The van der Waals surface area contributed by atoms with Crippen LogP contribution in [-0.4, -0.2) is 62.1 Å². The van der Waals surface area contributed by atoms with Crippen molar-refractivity contribution in [2.45, 2.75) is 50.7 Å². The third kappa shape index (κ3) is 4.46. The fourth-order valence-corrected chi connectivity index (χ4v) is 6.93. The Morgan fingerprint density at radius 3 is 2.63 bits per heavy atom. The summed E-state index contributed by atoms with van der Waals surface area (Å²) >= 11 is 2.98. The van der Waals surface area contributed by atoms with E-state index >= 15 is 0 Å². The van der Waals surface area contributed by atoms with E-state index in [2.05, 4.69) is 4.98 Å². The number of β-lactam (4-membered cyclic amide) rings is 1. The summed E-state index contributed by atoms with van der Waals surface area (Å²) in [5, 5.41) is 11.1. The summed E-state index contributed by atoms with van der Waals surface area (Å²) in [7, 11) is 0. The molecule has 10 nitrogen and oxygen atoms in total. The van der Waals surface area contributed by atoms with E-state index in [0.717, 1.165) is 14.7 Å². The molecule has 5 atom stereocenters. The van der Waals surface area contributed by atoms with Gasteiger partial charge in [-0.15, -0.1) is 23.1 Å². The van der Waals surface area contributed by atoms with Gasteiger partial charge in [-0.1, -0.05) is 32.0 Å². The van der Waals surface area contributed by atoms with Gasteiger partial charge < -0.3 is 24.2 Å². The first-order chi connectivity index (χ1) is 18.2. The molecule has 0 saturated carbocycles. The lowest BCUT2D eigenvalue weighted by molar-refractivity contribution is -0.175. The molecule has 1 saturated heterocycles. The first kappa shape index (κ1) is 26.3. The van der Waals surface area contributed by atoms with Crippen LogP contribution < -0.4 is 4.74 Å². The van der Waals surface area contributed by atoms with Gasteiger partial charge in [0.05, 0.1) is 22.9 Å². The molecule has 2 aliphatic heterocycles. The van der Waals surface area contributed by atoms with Crippen molar-refractivity contribution in [2.24, 2.45) is 11.8 Å². The molecule has 38 heavy (non-hydrogen) atoms. The number of benzene rings is 1. The Morgan fingerprint density at radius 1 is 1.24 bits per heavy atom. The summed E-state index contributed by atoms with van der Waals surface area (Å²) in [5.74, 6) is -1.70. The molecule has 200 valence electrons. The number of aliphatic hydroxyl groups excluding tert-OH is 1. The number of imidazole rings is 1. The normalized spacial score (nSPS) is 22.2. The number of amides is 1. The Kier molecular flexibility index (Phi) is 7.21. The molecule has 5 rings (SSSR count). The lowest BCUT2D eigenvalue weighted by atomic mass is 9.77. The number of ether oxygens (including phenoxy) is 3. The lowest BCUT2D eigenvalue weighted by Crippen LogP contribution is -2.63. The van der Waals surface area contributed by atoms with Gasteiger partial charge in [0.25, 0.3) is 6.29 Å². The number of para-hydroxylation sites is 1. The Labute approximate surface area is 227 Å². The van der Waals surface area contributed by atoms with Crippen LogP contribution in [0, 0.1) is 11.8 Å². The molecule has 1 amide bonds. The van der Waals surface area contributed by atoms with E-state index in [1.807, 2.05) is 23.8 Å². The van der Waals surface area contributed by atoms with Crippen LogP contribution in [-0.2, 0) is 19.1 Å². The van der Waals surface area contributed by atoms with Gasteiger partial charge in [0, 0.05) is 24.1 Å². The van der Waals surface area contributed by atoms with E-state index in [1.165, 1.54) is 28.0 Å². The average molecular weight is 558 g/mol. The summed E-state index contributed by atoms with van der Waals surface area (Å²) in [6, 6.07) is 8.01. The highest BCUT2D eigenvalue weighted by Gasteiger charge is 2.60. The van der Waals surface area contributed by atoms with Crippen LogP contribution in [0.3, 0.4) is 0 Å². The van der Waals surface area contributed by atoms with E-state index in [4.69, 9.17) is 14.2 Å². The molecule has 0 bridgehead atoms. The van der Waals surface area contributed by atoms with Crippen LogP contribution in [0.2, 0.25) is 0 Å². The number of aromatic nitrogens is 2. The number of thiazole rings is 1. The van der Waals surface area contributed by atoms with Gasteiger partial charge in [-0.25, -0.2) is 14.6 Å². The molecule has 1 unspecified atom stereocenters. The van der Waals surface area contributed by atoms with Crippen molar-refractivity contribution in [3.63, 3.8) is 0 Å². The second-order valence-corrected chi connectivity index (χ2v) is 10.9. The molecule has 1 fully saturated rings. The SMILES string of the molecule is CCC(OC(=O)Oc1ccccc1)OC(=O)C1=C(c2cn3cnc(SC)c3s2)[C@H](C)[C@@H]2[C@@H]([C@@H](C)O)C(=O)N12. The summed E-state index contributed by atoms with van der Waals surface area (Å²) in [5.41, 5.74) is 0.755. The third-order valence-corrected chi connectivity index (χ3v) is 8.71. The van der Waals surface area contributed by atoms with Crippen molar-refractivity contribution >= 4 is 51.5 Å². The first-order valence-corrected chi connectivity index (χ1v) is 14.2. The maximum Gasteiger partial charge on any atom is 0.516 e. The van der Waals surface area contributed by atoms with Gasteiger partial charge in [-0.05, 0) is 25.3 Å². The summed E-state index contributed by atoms with van der Waals surface area (Å²) in [4.78, 5) is 46.5. The topological polar surface area (TPSA) is 120 Å². The lowest BCUT2D eigenvalue weighted by Gasteiger charge is -2.46. The van der Waals surface area contributed by atoms with Crippen LogP contribution in [0.25, 0.3) is 10.4 Å². The zero-order chi connectivity index (χ0) is 27.1. The molecule has 0 radical (unpaired) electrons. The largest absolute Gasteiger partial charge is 0.516 e. The van der Waals surface area contributed by atoms with Crippen molar-refractivity contribution in [1.29, 1.82) is 0 Å². The van der Waals surface area contributed by atoms with Gasteiger partial charge in [-0.2, -0.15) is 0 Å². The Morgan fingerprint density at radius 2 is 1.97 bits per heavy atom. The fraction of sp³-hybridized carbons (Fsp3) is 0.385. The number of fused-ring (bicyclic) bond motifs is 2. The number of carbonyl (C=O) groups excluding carboxylic acids is 3. The van der Waals surface area contributed by atoms with Crippen LogP contribution in [0.4, 0.5) is 4.79 Å². The minimum atomic E-state index is -1.22. The number of nitrogens with zero attached hydrogens (tertiary/aromatic N) is 3. The van der Waals surface area contributed by atoms with Crippen molar-refractivity contribution in [3.8, 4) is 5.75 Å². The molecular weight excluding hydrogens is 530 g/mol. The number of hydrogen-bond donors (Lipinski definition) is 1. The summed E-state index contributed by atoms with van der Waals surface area (Å²) < 4.78 is 17.9. The van der Waals surface area contributed by atoms with Crippen molar-refractivity contribution in [3.05, 3.63) is 53.4 Å². The van der Waals surface area contributed by atoms with E-state index in [-0.39, 0.29) is 30.0 Å². The second kappa shape index (κ2) is 10.4. The Hall–Kier alpha value is -3.35. The van der Waals surface area contributed by atoms with Crippen LogP contribution in [0.1, 0.15) is 32.1 Å². The summed E-state index contributed by atoms with van der Waals surface area (Å²) in [6.07, 6.45) is 2.59. The maximum atomic E-state index is 13.6. The minimum Gasteiger partial charge on any atom is -0.420 e. The molecule has 1 N–H and O–H groups in total. The highest BCUT2D eigenvalue weighted by Crippen LogP contribution is 2.52. The van der Waals surface area contributed by atoms with Crippen LogP contribution >= 0.6 is 23.1 Å². The molecule has 12 heteroatoms. The molecule has 2 aromatic heterocycles. The monoisotopic (exact) mass is 557 g/mol. The minimum absolute atomic E-state index is 0.103. The molecule has 1 aromatic carbocycles. The van der Waals surface area contributed by atoms with Crippen LogP contribution in [0.5, 0.6) is 5.75 Å². The van der Waals surface area contributed by atoms with Gasteiger partial charge in [0.15, 0.2) is 0 Å². The number of aliphatic hydroxyl groups is 1. The number of carbonyl (C=O) groups is 3. The average Bonchev–Trinajstić information content (AvgIpc) is 3.53. The zero-order valence-electron chi connectivity index (χ0n) is 21.2. The third-order valence-electron chi connectivity index (χ3n) is 6.75. The quantitative estimate of drug-likeness (QED) is 0.143. The van der Waals surface area contributed by atoms with Crippen molar-refractivity contribution in [2.75, 3.05) is 6.26 Å². The van der Waals surface area contributed by atoms with Gasteiger partial charge >= 0.3 is 12.1 Å².